The van der Waals surface area contributed by atoms with E-state index in [2.05, 4.69) is 11.3 Å². The lowest BCUT2D eigenvalue weighted by Crippen LogP contribution is -2.12. The molecular formula is C15H14O3. The number of methoxy groups -OCH3 is 1. The lowest BCUT2D eigenvalue weighted by molar-refractivity contribution is -0.137. The number of carbonyl (C=O) groups excluding carboxylic acids is 1. The van der Waals surface area contributed by atoms with Crippen molar-refractivity contribution in [2.75, 3.05) is 7.11 Å². The Balaban J connectivity index is 2.48. The molecule has 0 aliphatic rings. The lowest BCUT2D eigenvalue weighted by Gasteiger charge is -2.14. The Labute approximate surface area is 105 Å². The zero-order valence-corrected chi connectivity index (χ0v) is 10.1. The largest absolute Gasteiger partial charge is 0.466 e. The average Bonchev–Trinajstić information content (AvgIpc) is 2.44. The van der Waals surface area contributed by atoms with E-state index in [-0.39, 0.29) is 5.57 Å². The fourth-order valence-corrected chi connectivity index (χ4v) is 1.92. The average molecular weight is 242 g/mol. The third-order valence-corrected chi connectivity index (χ3v) is 2.90. The first-order valence-electron chi connectivity index (χ1n) is 5.58. The van der Waals surface area contributed by atoms with E-state index in [1.54, 1.807) is 6.07 Å². The predicted molar refractivity (Wildman–Crippen MR) is 70.1 cm³/mol. The molecule has 0 heterocycles. The Bertz CT molecular complexity index is 596. The molecular weight excluding hydrogens is 228 g/mol. The van der Waals surface area contributed by atoms with Crippen LogP contribution >= 0.6 is 0 Å². The molecule has 1 N–H and O–H groups in total. The Morgan fingerprint density at radius 3 is 2.61 bits per heavy atom. The molecule has 0 saturated carbocycles. The fourth-order valence-electron chi connectivity index (χ4n) is 1.92. The fraction of sp³-hybridized carbons (Fsp3) is 0.133. The maximum atomic E-state index is 11.4. The van der Waals surface area contributed by atoms with Gasteiger partial charge >= 0.3 is 5.97 Å². The van der Waals surface area contributed by atoms with E-state index in [4.69, 9.17) is 0 Å². The minimum atomic E-state index is -1.05. The topological polar surface area (TPSA) is 46.5 Å². The van der Waals surface area contributed by atoms with Gasteiger partial charge in [-0.1, -0.05) is 49.0 Å². The molecule has 1 atom stereocenters. The normalized spacial score (nSPS) is 12.1. The Morgan fingerprint density at radius 2 is 1.89 bits per heavy atom. The number of aliphatic hydroxyl groups excluding tert-OH is 1. The summed E-state index contributed by atoms with van der Waals surface area (Å²) in [7, 11) is 1.27. The van der Waals surface area contributed by atoms with Gasteiger partial charge in [0.25, 0.3) is 0 Å². The first-order valence-corrected chi connectivity index (χ1v) is 5.58. The zero-order valence-electron chi connectivity index (χ0n) is 10.1. The van der Waals surface area contributed by atoms with Crippen molar-refractivity contribution < 1.29 is 14.6 Å². The van der Waals surface area contributed by atoms with Gasteiger partial charge in [0.2, 0.25) is 0 Å². The van der Waals surface area contributed by atoms with Gasteiger partial charge in [-0.05, 0) is 16.3 Å². The van der Waals surface area contributed by atoms with Crippen molar-refractivity contribution in [2.24, 2.45) is 0 Å². The minimum absolute atomic E-state index is 0.0360. The molecule has 0 radical (unpaired) electrons. The molecule has 3 heteroatoms. The van der Waals surface area contributed by atoms with Crippen molar-refractivity contribution in [2.45, 2.75) is 6.10 Å². The van der Waals surface area contributed by atoms with Crippen LogP contribution in [0.15, 0.2) is 54.6 Å². The second kappa shape index (κ2) is 5.02. The summed E-state index contributed by atoms with van der Waals surface area (Å²) in [5.74, 6) is -0.601. The monoisotopic (exact) mass is 242 g/mol. The van der Waals surface area contributed by atoms with Gasteiger partial charge in [-0.3, -0.25) is 0 Å². The van der Waals surface area contributed by atoms with Crippen LogP contribution in [-0.4, -0.2) is 18.2 Å². The van der Waals surface area contributed by atoms with Crippen molar-refractivity contribution in [1.82, 2.24) is 0 Å². The summed E-state index contributed by atoms with van der Waals surface area (Å²) in [5.41, 5.74) is 0.692. The van der Waals surface area contributed by atoms with E-state index in [9.17, 15) is 9.90 Å². The summed E-state index contributed by atoms with van der Waals surface area (Å²) in [6.07, 6.45) is -1.05. The van der Waals surface area contributed by atoms with E-state index < -0.39 is 12.1 Å². The molecule has 0 fully saturated rings. The second-order valence-corrected chi connectivity index (χ2v) is 3.99. The van der Waals surface area contributed by atoms with E-state index >= 15 is 0 Å². The van der Waals surface area contributed by atoms with Crippen molar-refractivity contribution >= 4 is 16.7 Å². The third-order valence-electron chi connectivity index (χ3n) is 2.90. The van der Waals surface area contributed by atoms with Crippen LogP contribution in [0.2, 0.25) is 0 Å². The summed E-state index contributed by atoms with van der Waals surface area (Å²) in [6, 6.07) is 13.2. The van der Waals surface area contributed by atoms with Gasteiger partial charge in [-0.25, -0.2) is 4.79 Å². The lowest BCUT2D eigenvalue weighted by atomic mass is 9.96. The molecule has 0 saturated heterocycles. The Kier molecular flexibility index (Phi) is 3.44. The van der Waals surface area contributed by atoms with Crippen LogP contribution in [0.1, 0.15) is 11.7 Å². The minimum Gasteiger partial charge on any atom is -0.466 e. The molecule has 0 aromatic heterocycles. The molecule has 0 aliphatic carbocycles. The van der Waals surface area contributed by atoms with E-state index in [0.717, 1.165) is 10.8 Å². The number of ether oxygens (including phenoxy) is 1. The van der Waals surface area contributed by atoms with Crippen LogP contribution in [0, 0.1) is 0 Å². The number of carbonyl (C=O) groups is 1. The molecule has 0 unspecified atom stereocenters. The van der Waals surface area contributed by atoms with Crippen LogP contribution in [0.4, 0.5) is 0 Å². The van der Waals surface area contributed by atoms with Gasteiger partial charge < -0.3 is 9.84 Å². The number of fused-ring (bicyclic) bond motifs is 1. The number of hydrogen-bond acceptors (Lipinski definition) is 3. The number of aliphatic hydroxyl groups is 1. The van der Waals surface area contributed by atoms with Crippen molar-refractivity contribution in [1.29, 1.82) is 0 Å². The number of benzene rings is 2. The third kappa shape index (κ3) is 2.13. The molecule has 2 aromatic rings. The van der Waals surface area contributed by atoms with Crippen molar-refractivity contribution in [3.63, 3.8) is 0 Å². The number of esters is 1. The highest BCUT2D eigenvalue weighted by molar-refractivity contribution is 5.92. The quantitative estimate of drug-likeness (QED) is 0.664. The standard InChI is InChI=1S/C15H14O3/c1-10(15(17)18-2)14(16)13-9-5-7-11-6-3-4-8-12(11)13/h3-9,14,16H,1H2,2H3/t14-/m1/s1. The molecule has 0 amide bonds. The molecule has 0 spiro atoms. The van der Waals surface area contributed by atoms with Crippen molar-refractivity contribution in [3.05, 3.63) is 60.2 Å². The maximum Gasteiger partial charge on any atom is 0.336 e. The number of rotatable bonds is 3. The van der Waals surface area contributed by atoms with Crippen LogP contribution in [-0.2, 0) is 9.53 Å². The summed E-state index contributed by atoms with van der Waals surface area (Å²) >= 11 is 0. The first kappa shape index (κ1) is 12.3. The Morgan fingerprint density at radius 1 is 1.22 bits per heavy atom. The van der Waals surface area contributed by atoms with Gasteiger partial charge in [0.1, 0.15) is 6.10 Å². The molecule has 2 rings (SSSR count). The summed E-state index contributed by atoms with van der Waals surface area (Å²) < 4.78 is 4.57. The van der Waals surface area contributed by atoms with Crippen LogP contribution in [0.25, 0.3) is 10.8 Å². The highest BCUT2D eigenvalue weighted by Crippen LogP contribution is 2.28. The van der Waals surface area contributed by atoms with Crippen LogP contribution in [0.5, 0.6) is 0 Å². The predicted octanol–water partition coefficient (Wildman–Crippen LogP) is 2.60. The molecule has 18 heavy (non-hydrogen) atoms. The molecule has 92 valence electrons. The van der Waals surface area contributed by atoms with E-state index in [1.807, 2.05) is 36.4 Å². The highest BCUT2D eigenvalue weighted by Gasteiger charge is 2.20. The molecule has 0 bridgehead atoms. The zero-order chi connectivity index (χ0) is 13.1. The molecule has 3 nitrogen and oxygen atoms in total. The van der Waals surface area contributed by atoms with Crippen LogP contribution < -0.4 is 0 Å². The highest BCUT2D eigenvalue weighted by atomic mass is 16.5. The van der Waals surface area contributed by atoms with Gasteiger partial charge in [0.15, 0.2) is 0 Å². The second-order valence-electron chi connectivity index (χ2n) is 3.99. The van der Waals surface area contributed by atoms with Crippen LogP contribution in [0.3, 0.4) is 0 Å². The Hall–Kier alpha value is -2.13. The smallest absolute Gasteiger partial charge is 0.336 e. The summed E-state index contributed by atoms with van der Waals surface area (Å²) in [6.45, 7) is 3.58. The number of hydrogen-bond donors (Lipinski definition) is 1. The van der Waals surface area contributed by atoms with E-state index in [0.29, 0.717) is 5.56 Å². The van der Waals surface area contributed by atoms with Gasteiger partial charge in [-0.2, -0.15) is 0 Å². The van der Waals surface area contributed by atoms with Gasteiger partial charge in [0, 0.05) is 0 Å². The molecule has 0 aliphatic heterocycles. The van der Waals surface area contributed by atoms with Gasteiger partial charge in [-0.15, -0.1) is 0 Å². The first-order chi connectivity index (χ1) is 8.65. The molecule has 2 aromatic carbocycles. The van der Waals surface area contributed by atoms with E-state index in [1.165, 1.54) is 7.11 Å². The summed E-state index contributed by atoms with van der Waals surface area (Å²) in [4.78, 5) is 11.4. The summed E-state index contributed by atoms with van der Waals surface area (Å²) in [5, 5.41) is 12.1. The maximum absolute atomic E-state index is 11.4. The SMILES string of the molecule is C=C(C(=O)OC)[C@@H](O)c1cccc2ccccc12. The van der Waals surface area contributed by atoms with Gasteiger partial charge in [0.05, 0.1) is 12.7 Å². The van der Waals surface area contributed by atoms with Crippen molar-refractivity contribution in [3.8, 4) is 0 Å².